The highest BCUT2D eigenvalue weighted by atomic mass is 16.5. The number of ether oxygens (including phenoxy) is 1. The lowest BCUT2D eigenvalue weighted by atomic mass is 10.1. The molecule has 0 aliphatic rings. The molecule has 1 unspecified atom stereocenters. The zero-order chi connectivity index (χ0) is 13.1. The van der Waals surface area contributed by atoms with Crippen LogP contribution in [0.2, 0.25) is 0 Å². The lowest BCUT2D eigenvalue weighted by molar-refractivity contribution is 0.131. The first-order valence-electron chi connectivity index (χ1n) is 5.97. The SMILES string of the molecule is CN(C)CC(N)c1ccc(OC(C)(C)C)cc1. The van der Waals surface area contributed by atoms with Crippen molar-refractivity contribution in [2.75, 3.05) is 20.6 Å². The van der Waals surface area contributed by atoms with Gasteiger partial charge in [0, 0.05) is 12.6 Å². The van der Waals surface area contributed by atoms with Gasteiger partial charge in [-0.3, -0.25) is 0 Å². The lowest BCUT2D eigenvalue weighted by Gasteiger charge is -2.22. The van der Waals surface area contributed by atoms with Gasteiger partial charge in [0.05, 0.1) is 0 Å². The Morgan fingerprint density at radius 2 is 1.71 bits per heavy atom. The van der Waals surface area contributed by atoms with Crippen LogP contribution < -0.4 is 10.5 Å². The molecule has 3 heteroatoms. The van der Waals surface area contributed by atoms with E-state index in [0.29, 0.717) is 0 Å². The summed E-state index contributed by atoms with van der Waals surface area (Å²) in [6.07, 6.45) is 0. The summed E-state index contributed by atoms with van der Waals surface area (Å²) in [6, 6.07) is 8.09. The third-order valence-corrected chi connectivity index (χ3v) is 2.29. The molecule has 0 aliphatic carbocycles. The standard InChI is InChI=1S/C14H24N2O/c1-14(2,3)17-12-8-6-11(7-9-12)13(15)10-16(4)5/h6-9,13H,10,15H2,1-5H3. The van der Waals surface area contributed by atoms with Gasteiger partial charge in [-0.15, -0.1) is 0 Å². The summed E-state index contributed by atoms with van der Waals surface area (Å²) < 4.78 is 5.77. The van der Waals surface area contributed by atoms with Crippen molar-refractivity contribution in [1.82, 2.24) is 4.90 Å². The van der Waals surface area contributed by atoms with Crippen LogP contribution in [0.25, 0.3) is 0 Å². The van der Waals surface area contributed by atoms with Crippen LogP contribution in [0.1, 0.15) is 32.4 Å². The first-order chi connectivity index (χ1) is 7.78. The number of likely N-dealkylation sites (N-methyl/N-ethyl adjacent to an activating group) is 1. The van der Waals surface area contributed by atoms with Crippen LogP contribution in [0, 0.1) is 0 Å². The Bertz CT molecular complexity index is 338. The molecule has 3 nitrogen and oxygen atoms in total. The fourth-order valence-electron chi connectivity index (χ4n) is 1.64. The number of benzene rings is 1. The van der Waals surface area contributed by atoms with E-state index in [4.69, 9.17) is 10.5 Å². The van der Waals surface area contributed by atoms with Gasteiger partial charge >= 0.3 is 0 Å². The summed E-state index contributed by atoms with van der Waals surface area (Å²) in [5.41, 5.74) is 7.07. The molecule has 1 aromatic carbocycles. The zero-order valence-electron chi connectivity index (χ0n) is 11.5. The molecule has 0 aromatic heterocycles. The topological polar surface area (TPSA) is 38.5 Å². The highest BCUT2D eigenvalue weighted by Gasteiger charge is 2.12. The minimum absolute atomic E-state index is 0.0497. The van der Waals surface area contributed by atoms with E-state index < -0.39 is 0 Å². The van der Waals surface area contributed by atoms with Crippen molar-refractivity contribution in [3.8, 4) is 5.75 Å². The molecule has 0 aliphatic heterocycles. The summed E-state index contributed by atoms with van der Waals surface area (Å²) >= 11 is 0. The third kappa shape index (κ3) is 5.20. The molecule has 96 valence electrons. The summed E-state index contributed by atoms with van der Waals surface area (Å²) in [5.74, 6) is 0.887. The van der Waals surface area contributed by atoms with Gasteiger partial charge in [0.15, 0.2) is 0 Å². The molecule has 0 saturated heterocycles. The second-order valence-corrected chi connectivity index (χ2v) is 5.65. The molecule has 0 saturated carbocycles. The van der Waals surface area contributed by atoms with Crippen LogP contribution in [0.3, 0.4) is 0 Å². The van der Waals surface area contributed by atoms with Gasteiger partial charge in [0.1, 0.15) is 11.4 Å². The first kappa shape index (κ1) is 14.0. The fourth-order valence-corrected chi connectivity index (χ4v) is 1.64. The number of hydrogen-bond acceptors (Lipinski definition) is 3. The molecule has 0 heterocycles. The number of hydrogen-bond donors (Lipinski definition) is 1. The normalized spacial score (nSPS) is 13.8. The van der Waals surface area contributed by atoms with Crippen molar-refractivity contribution in [3.05, 3.63) is 29.8 Å². The molecule has 0 bridgehead atoms. The van der Waals surface area contributed by atoms with Gasteiger partial charge in [-0.2, -0.15) is 0 Å². The average Bonchev–Trinajstić information content (AvgIpc) is 2.15. The lowest BCUT2D eigenvalue weighted by Crippen LogP contribution is -2.26. The molecule has 0 amide bonds. The van der Waals surface area contributed by atoms with Gasteiger partial charge in [-0.1, -0.05) is 12.1 Å². The Labute approximate surface area is 105 Å². The minimum atomic E-state index is -0.159. The Morgan fingerprint density at radius 3 is 2.12 bits per heavy atom. The molecular weight excluding hydrogens is 212 g/mol. The predicted octanol–water partition coefficient (Wildman–Crippen LogP) is 2.43. The van der Waals surface area contributed by atoms with E-state index in [-0.39, 0.29) is 11.6 Å². The largest absolute Gasteiger partial charge is 0.488 e. The van der Waals surface area contributed by atoms with Crippen LogP contribution in [-0.4, -0.2) is 31.1 Å². The smallest absolute Gasteiger partial charge is 0.120 e. The van der Waals surface area contributed by atoms with Gasteiger partial charge in [-0.25, -0.2) is 0 Å². The Hall–Kier alpha value is -1.06. The van der Waals surface area contributed by atoms with E-state index in [9.17, 15) is 0 Å². The van der Waals surface area contributed by atoms with Gasteiger partial charge < -0.3 is 15.4 Å². The molecular formula is C14H24N2O. The molecule has 0 spiro atoms. The van der Waals surface area contributed by atoms with Crippen molar-refractivity contribution in [2.24, 2.45) is 5.73 Å². The van der Waals surface area contributed by atoms with E-state index in [1.54, 1.807) is 0 Å². The predicted molar refractivity (Wildman–Crippen MR) is 72.3 cm³/mol. The van der Waals surface area contributed by atoms with E-state index in [1.165, 1.54) is 0 Å². The van der Waals surface area contributed by atoms with Crippen LogP contribution >= 0.6 is 0 Å². The van der Waals surface area contributed by atoms with Crippen molar-refractivity contribution in [2.45, 2.75) is 32.4 Å². The maximum absolute atomic E-state index is 6.09. The average molecular weight is 236 g/mol. The van der Waals surface area contributed by atoms with Crippen molar-refractivity contribution in [3.63, 3.8) is 0 Å². The quantitative estimate of drug-likeness (QED) is 0.872. The van der Waals surface area contributed by atoms with E-state index in [1.807, 2.05) is 59.1 Å². The fraction of sp³-hybridized carbons (Fsp3) is 0.571. The molecule has 1 rings (SSSR count). The monoisotopic (exact) mass is 236 g/mol. The Kier molecular flexibility index (Phi) is 4.54. The number of rotatable bonds is 4. The summed E-state index contributed by atoms with van der Waals surface area (Å²) in [6.45, 7) is 6.97. The van der Waals surface area contributed by atoms with Gasteiger partial charge in [0.2, 0.25) is 0 Å². The van der Waals surface area contributed by atoms with Crippen molar-refractivity contribution >= 4 is 0 Å². The van der Waals surface area contributed by atoms with E-state index in [2.05, 4.69) is 4.90 Å². The maximum Gasteiger partial charge on any atom is 0.120 e. The molecule has 1 atom stereocenters. The van der Waals surface area contributed by atoms with Gasteiger partial charge in [0.25, 0.3) is 0 Å². The maximum atomic E-state index is 6.09. The molecule has 17 heavy (non-hydrogen) atoms. The summed E-state index contributed by atoms with van der Waals surface area (Å²) in [5, 5.41) is 0. The van der Waals surface area contributed by atoms with Crippen molar-refractivity contribution in [1.29, 1.82) is 0 Å². The molecule has 0 radical (unpaired) electrons. The molecule has 0 fully saturated rings. The highest BCUT2D eigenvalue weighted by molar-refractivity contribution is 5.29. The zero-order valence-corrected chi connectivity index (χ0v) is 11.5. The van der Waals surface area contributed by atoms with E-state index in [0.717, 1.165) is 17.9 Å². The number of nitrogens with two attached hydrogens (primary N) is 1. The first-order valence-corrected chi connectivity index (χ1v) is 5.97. The van der Waals surface area contributed by atoms with Crippen molar-refractivity contribution < 1.29 is 4.74 Å². The molecule has 1 aromatic rings. The van der Waals surface area contributed by atoms with Crippen LogP contribution in [0.15, 0.2) is 24.3 Å². The van der Waals surface area contributed by atoms with Crippen LogP contribution in [0.4, 0.5) is 0 Å². The number of nitrogens with zero attached hydrogens (tertiary/aromatic N) is 1. The third-order valence-electron chi connectivity index (χ3n) is 2.29. The summed E-state index contributed by atoms with van der Waals surface area (Å²) in [4.78, 5) is 2.09. The minimum Gasteiger partial charge on any atom is -0.488 e. The Balaban J connectivity index is 2.67. The second-order valence-electron chi connectivity index (χ2n) is 5.65. The van der Waals surface area contributed by atoms with Crippen LogP contribution in [0.5, 0.6) is 5.75 Å². The Morgan fingerprint density at radius 1 is 1.18 bits per heavy atom. The summed E-state index contributed by atoms with van der Waals surface area (Å²) in [7, 11) is 4.05. The second kappa shape index (κ2) is 5.52. The molecule has 2 N–H and O–H groups in total. The van der Waals surface area contributed by atoms with Gasteiger partial charge in [-0.05, 0) is 52.6 Å². The highest BCUT2D eigenvalue weighted by Crippen LogP contribution is 2.20. The van der Waals surface area contributed by atoms with Crippen LogP contribution in [-0.2, 0) is 0 Å². The van der Waals surface area contributed by atoms with E-state index >= 15 is 0 Å².